The molecule has 0 unspecified atom stereocenters. The molecule has 5 aromatic rings. The Morgan fingerprint density at radius 3 is 1.56 bits per heavy atom. The number of rotatable bonds is 13. The normalized spacial score (nSPS) is 17.4. The average molecular weight is 1300 g/mol. The smallest absolute Gasteiger partial charge is 0.281 e. The molecule has 5 fully saturated rings. The molecule has 0 saturated carbocycles. The third kappa shape index (κ3) is 18.2. The topological polar surface area (TPSA) is 326 Å². The molecule has 10 rings (SSSR count). The van der Waals surface area contributed by atoms with E-state index < -0.39 is 54.7 Å². The second-order valence-corrected chi connectivity index (χ2v) is 19.9. The van der Waals surface area contributed by atoms with Gasteiger partial charge in [-0.05, 0) is 11.6 Å². The quantitative estimate of drug-likeness (QED) is 0.0996. The van der Waals surface area contributed by atoms with Crippen LogP contribution in [-0.2, 0) is 47.2 Å². The molecule has 0 atom stereocenters. The van der Waals surface area contributed by atoms with Gasteiger partial charge in [-0.1, -0.05) is 0 Å². The number of hydrogen-bond acceptors (Lipinski definition) is 27. The van der Waals surface area contributed by atoms with E-state index in [2.05, 4.69) is 94.8 Å². The van der Waals surface area contributed by atoms with Crippen LogP contribution in [0.1, 0.15) is 64.1 Å². The number of hydrogen-bond donors (Lipinski definition) is 1. The van der Waals surface area contributed by atoms with Gasteiger partial charge in [-0.15, -0.1) is 0 Å². The van der Waals surface area contributed by atoms with Crippen LogP contribution >= 0.6 is 27.5 Å². The molecule has 0 aliphatic carbocycles. The molecule has 5 aliphatic heterocycles. The van der Waals surface area contributed by atoms with Crippen LogP contribution in [0.4, 0.5) is 68.0 Å². The zero-order valence-electron chi connectivity index (χ0n) is 46.5. The summed E-state index contributed by atoms with van der Waals surface area (Å²) in [6, 6.07) is 0. The number of nitrogens with two attached hydrogens (primary N) is 1. The Morgan fingerprint density at radius 2 is 1.07 bits per heavy atom. The van der Waals surface area contributed by atoms with Crippen LogP contribution in [0.2, 0.25) is 5.28 Å². The van der Waals surface area contributed by atoms with Crippen LogP contribution in [0.15, 0.2) is 32.9 Å². The van der Waals surface area contributed by atoms with Gasteiger partial charge in [0.2, 0.25) is 35.0 Å². The second-order valence-electron chi connectivity index (χ2n) is 18.7. The Hall–Kier alpha value is -7.78. The van der Waals surface area contributed by atoms with Crippen molar-refractivity contribution in [2.75, 3.05) is 117 Å². The average Bonchev–Trinajstić information content (AvgIpc) is 1.83. The number of morpholine rings is 4. The largest absolute Gasteiger partial charge is 0.378 e. The minimum absolute atomic E-state index is 0.0379. The molecule has 87 heavy (non-hydrogen) atoms. The fraction of sp³-hybridized carbons (Fsp3) is 0.489. The Bertz CT molecular complexity index is 3340. The van der Waals surface area contributed by atoms with E-state index in [4.69, 9.17) is 58.4 Å². The molecule has 5 aromatic heterocycles. The van der Waals surface area contributed by atoms with E-state index in [0.717, 1.165) is 20.7 Å². The van der Waals surface area contributed by atoms with Crippen molar-refractivity contribution in [1.29, 1.82) is 0 Å². The number of anilines is 5. The van der Waals surface area contributed by atoms with E-state index in [-0.39, 0.29) is 93.9 Å². The zero-order valence-corrected chi connectivity index (χ0v) is 48.8. The van der Waals surface area contributed by atoms with Crippen LogP contribution in [0.3, 0.4) is 0 Å². The van der Waals surface area contributed by atoms with Crippen LogP contribution in [0, 0.1) is 25.1 Å². The molecule has 2 N–H and O–H groups in total. The SMILES string of the molecule is C#COB=Nc1ncc(B2OC(C)(C)C(C)(C)O2)c(C(F)F)n1.C#COB=Nc1ncc(Br)c(C(F)F)n1.Nc1ncc(-c2nc(N3CCOCC3)nc(N3CCOCC3=O)n2)c(C(F)F)n1.O=C1COCCN1c1nc(Cl)nc(N2CCOCC2)n1. The summed E-state index contributed by atoms with van der Waals surface area (Å²) >= 11 is 8.84. The molecule has 10 heterocycles. The van der Waals surface area contributed by atoms with Gasteiger partial charge in [-0.3, -0.25) is 19.4 Å². The van der Waals surface area contributed by atoms with Crippen molar-refractivity contribution in [3.63, 3.8) is 0 Å². The van der Waals surface area contributed by atoms with E-state index in [1.54, 1.807) is 0 Å². The van der Waals surface area contributed by atoms with E-state index >= 15 is 0 Å². The van der Waals surface area contributed by atoms with Gasteiger partial charge < -0.3 is 34.5 Å². The van der Waals surface area contributed by atoms with Gasteiger partial charge in [0.05, 0.1) is 58.3 Å². The Kier molecular flexibility index (Phi) is 24.0. The maximum absolute atomic E-state index is 13.5. The van der Waals surface area contributed by atoms with E-state index in [0.29, 0.717) is 78.3 Å². The molecule has 29 nitrogen and oxygen atoms in total. The number of nitrogens with zero attached hydrogens (tertiary/aromatic N) is 18. The molecule has 458 valence electrons. The molecular weight excluding hydrogens is 1250 g/mol. The summed E-state index contributed by atoms with van der Waals surface area (Å²) in [5.74, 6) is -0.134. The van der Waals surface area contributed by atoms with Gasteiger partial charge in [0.1, 0.15) is 18.9 Å². The number of alkyl halides is 6. The molecule has 0 radical (unpaired) electrons. The van der Waals surface area contributed by atoms with Gasteiger partial charge in [0, 0.05) is 32.4 Å². The van der Waals surface area contributed by atoms with Crippen molar-refractivity contribution in [2.24, 2.45) is 9.79 Å². The molecule has 2 amide bonds. The Labute approximate surface area is 506 Å². The predicted molar refractivity (Wildman–Crippen MR) is 300 cm³/mol. The number of carbonyl (C=O) groups excluding carboxylic acids is 2. The molecule has 5 saturated heterocycles. The van der Waals surface area contributed by atoms with Gasteiger partial charge in [-0.25, -0.2) is 18.7 Å². The molecule has 5 aliphatic rings. The Balaban J connectivity index is 0.000000170. The molecule has 0 aromatic carbocycles. The fourth-order valence-electron chi connectivity index (χ4n) is 7.64. The summed E-state index contributed by atoms with van der Waals surface area (Å²) in [4.78, 5) is 85.5. The van der Waals surface area contributed by atoms with Crippen molar-refractivity contribution in [1.82, 2.24) is 59.8 Å². The van der Waals surface area contributed by atoms with E-state index in [1.807, 2.05) is 49.7 Å². The first-order valence-electron chi connectivity index (χ1n) is 25.7. The van der Waals surface area contributed by atoms with Crippen LogP contribution < -0.4 is 30.8 Å². The standard InChI is InChI=1S/C16H18F2N8O3.C13H15B2F2N3O3.C11H14ClN5O3.C7H3BBrF2N3O/c17-12(18)11-9(7-20-14(19)21-11)13-22-15(25-1-4-28-5-2-25)24-16(23-13)26-3-6-29-8-10(26)27;1-6-21-14-20-11-18-7-8(9(19-11)10(16)17)15-22-12(2,3)13(4,5)23-15;12-9-13-10(16-1-4-19-5-2-16)15-11(14-9)17-3-6-20-7-8(17)18;1-2-15-8-14-7-12-3-4(9)5(13-7)6(10)11/h7,12H,1-6,8H2,(H2,19,20,21);1,7,10H,2-5H3;1-7H2;1,3,6H. The molecule has 0 bridgehead atoms. The molecular formula is C47H50B3BrClF6N19O10. The van der Waals surface area contributed by atoms with E-state index in [1.165, 1.54) is 22.2 Å². The second kappa shape index (κ2) is 31.2. The third-order valence-electron chi connectivity index (χ3n) is 12.6. The number of halogens is 8. The zero-order chi connectivity index (χ0) is 62.8. The maximum atomic E-state index is 13.5. The minimum Gasteiger partial charge on any atom is -0.378 e. The van der Waals surface area contributed by atoms with Gasteiger partial charge in [0.25, 0.3) is 18.2 Å². The molecule has 40 heteroatoms. The number of carbonyl (C=O) groups is 2. The van der Waals surface area contributed by atoms with Crippen LogP contribution in [0.25, 0.3) is 11.4 Å². The number of amides is 2. The Morgan fingerprint density at radius 1 is 0.621 bits per heavy atom. The first-order valence-corrected chi connectivity index (χ1v) is 26.9. The van der Waals surface area contributed by atoms with Crippen LogP contribution in [0.5, 0.6) is 0 Å². The van der Waals surface area contributed by atoms with Crippen LogP contribution in [-0.4, -0.2) is 197 Å². The van der Waals surface area contributed by atoms with Crippen molar-refractivity contribution in [2.45, 2.75) is 58.2 Å². The monoisotopic (exact) mass is 1300 g/mol. The van der Waals surface area contributed by atoms with Gasteiger partial charge in [-0.2, -0.15) is 29.9 Å². The third-order valence-corrected chi connectivity index (χ3v) is 13.4. The summed E-state index contributed by atoms with van der Waals surface area (Å²) in [6.45, 7) is 13.3. The summed E-state index contributed by atoms with van der Waals surface area (Å²) in [7, 11) is 0.793. The van der Waals surface area contributed by atoms with Gasteiger partial charge >= 0.3 is 226 Å². The predicted octanol–water partition coefficient (Wildman–Crippen LogP) is 3.75. The fourth-order valence-corrected chi connectivity index (χ4v) is 8.15. The maximum Gasteiger partial charge on any atom is 0.281 e. The number of aromatic nitrogens is 12. The van der Waals surface area contributed by atoms with Crippen molar-refractivity contribution < 1.29 is 73.5 Å². The summed E-state index contributed by atoms with van der Waals surface area (Å²) < 4.78 is 120. The van der Waals surface area contributed by atoms with Gasteiger partial charge in [0.15, 0.2) is 5.82 Å². The minimum atomic E-state index is -2.91. The first kappa shape index (κ1) is 66.7. The van der Waals surface area contributed by atoms with Crippen molar-refractivity contribution in [3.05, 3.63) is 45.4 Å². The number of ether oxygens (including phenoxy) is 4. The first-order chi connectivity index (χ1) is 41.6. The summed E-state index contributed by atoms with van der Waals surface area (Å²) in [5.41, 5.74) is 2.60. The number of nitrogen functional groups attached to an aromatic ring is 1. The molecule has 0 spiro atoms. The van der Waals surface area contributed by atoms with Crippen molar-refractivity contribution >= 4 is 108 Å². The van der Waals surface area contributed by atoms with Crippen molar-refractivity contribution in [3.8, 4) is 36.4 Å². The summed E-state index contributed by atoms with van der Waals surface area (Å²) in [5, 5.41) is 0.0794. The number of terminal acetylenes is 2. The summed E-state index contributed by atoms with van der Waals surface area (Å²) in [6.07, 6.45) is 8.39. The van der Waals surface area contributed by atoms with E-state index in [9.17, 15) is 35.9 Å².